The van der Waals surface area contributed by atoms with Gasteiger partial charge in [-0.3, -0.25) is 0 Å². The van der Waals surface area contributed by atoms with Crippen LogP contribution in [-0.2, 0) is 9.47 Å². The van der Waals surface area contributed by atoms with Gasteiger partial charge in [0, 0.05) is 19.3 Å². The van der Waals surface area contributed by atoms with Crippen LogP contribution in [0.5, 0.6) is 0 Å². The molecule has 16 heavy (non-hydrogen) atoms. The Labute approximate surface area is 95.6 Å². The highest BCUT2D eigenvalue weighted by molar-refractivity contribution is 5.42. The highest BCUT2D eigenvalue weighted by Gasteiger charge is 2.00. The maximum Gasteiger partial charge on any atom is 0.125 e. The van der Waals surface area contributed by atoms with Gasteiger partial charge >= 0.3 is 0 Å². The molecule has 1 rings (SSSR count). The maximum absolute atomic E-state index is 12.8. The zero-order valence-electron chi connectivity index (χ0n) is 9.70. The van der Waals surface area contributed by atoms with Crippen LogP contribution < -0.4 is 5.32 Å². The molecule has 0 aliphatic heterocycles. The summed E-state index contributed by atoms with van der Waals surface area (Å²) in [5.41, 5.74) is 0.767. The lowest BCUT2D eigenvalue weighted by Gasteiger charge is -2.12. The summed E-state index contributed by atoms with van der Waals surface area (Å²) in [5, 5.41) is 3.08. The average molecular weight is 227 g/mol. The number of benzene rings is 1. The zero-order chi connectivity index (χ0) is 11.8. The molecule has 0 spiro atoms. The molecule has 4 heteroatoms. The molecule has 0 saturated heterocycles. The van der Waals surface area contributed by atoms with E-state index >= 15 is 0 Å². The van der Waals surface area contributed by atoms with Gasteiger partial charge in [0.1, 0.15) is 5.82 Å². The van der Waals surface area contributed by atoms with Gasteiger partial charge in [0.15, 0.2) is 0 Å². The molecule has 0 aliphatic carbocycles. The van der Waals surface area contributed by atoms with Crippen LogP contribution in [0.4, 0.5) is 10.1 Å². The molecular formula is C12H18FNO2. The molecular weight excluding hydrogens is 209 g/mol. The minimum absolute atomic E-state index is 0.0827. The summed E-state index contributed by atoms with van der Waals surface area (Å²) in [7, 11) is 1.64. The van der Waals surface area contributed by atoms with Crippen molar-refractivity contribution in [3.63, 3.8) is 0 Å². The number of anilines is 1. The Kier molecular flexibility index (Phi) is 5.82. The molecule has 1 aromatic carbocycles. The molecule has 0 aliphatic rings. The van der Waals surface area contributed by atoms with E-state index in [0.717, 1.165) is 5.69 Å². The van der Waals surface area contributed by atoms with E-state index in [1.54, 1.807) is 13.2 Å². The van der Waals surface area contributed by atoms with Crippen LogP contribution in [0.1, 0.15) is 6.92 Å². The second kappa shape index (κ2) is 7.19. The van der Waals surface area contributed by atoms with Gasteiger partial charge in [-0.2, -0.15) is 0 Å². The number of ether oxygens (including phenoxy) is 2. The molecule has 1 unspecified atom stereocenters. The summed E-state index contributed by atoms with van der Waals surface area (Å²) >= 11 is 0. The van der Waals surface area contributed by atoms with E-state index in [-0.39, 0.29) is 11.9 Å². The van der Waals surface area contributed by atoms with Crippen molar-refractivity contribution in [1.29, 1.82) is 0 Å². The third-order valence-electron chi connectivity index (χ3n) is 2.06. The fraction of sp³-hybridized carbons (Fsp3) is 0.500. The number of hydrogen-bond acceptors (Lipinski definition) is 3. The second-order valence-electron chi connectivity index (χ2n) is 3.57. The minimum atomic E-state index is -0.237. The summed E-state index contributed by atoms with van der Waals surface area (Å²) in [6, 6.07) is 6.37. The lowest BCUT2D eigenvalue weighted by molar-refractivity contribution is 0.0140. The second-order valence-corrected chi connectivity index (χ2v) is 3.57. The van der Waals surface area contributed by atoms with E-state index in [2.05, 4.69) is 5.32 Å². The number of halogens is 1. The largest absolute Gasteiger partial charge is 0.383 e. The minimum Gasteiger partial charge on any atom is -0.383 e. The van der Waals surface area contributed by atoms with Crippen molar-refractivity contribution in [2.75, 3.05) is 32.2 Å². The van der Waals surface area contributed by atoms with Crippen molar-refractivity contribution < 1.29 is 13.9 Å². The van der Waals surface area contributed by atoms with E-state index in [9.17, 15) is 4.39 Å². The standard InChI is InChI=1S/C12H18FNO2/c1-10(9-15-2)16-7-6-14-12-5-3-4-11(13)8-12/h3-5,8,10,14H,6-7,9H2,1-2H3. The molecule has 0 fully saturated rings. The highest BCUT2D eigenvalue weighted by atomic mass is 19.1. The van der Waals surface area contributed by atoms with Crippen LogP contribution in [0.3, 0.4) is 0 Å². The van der Waals surface area contributed by atoms with Gasteiger partial charge in [-0.05, 0) is 25.1 Å². The fourth-order valence-corrected chi connectivity index (χ4v) is 1.34. The lowest BCUT2D eigenvalue weighted by atomic mass is 10.3. The normalized spacial score (nSPS) is 12.4. The van der Waals surface area contributed by atoms with Gasteiger partial charge in [0.25, 0.3) is 0 Å². The molecule has 0 bridgehead atoms. The maximum atomic E-state index is 12.8. The van der Waals surface area contributed by atoms with Gasteiger partial charge in [-0.15, -0.1) is 0 Å². The Hall–Kier alpha value is -1.13. The Morgan fingerprint density at radius 3 is 2.94 bits per heavy atom. The van der Waals surface area contributed by atoms with Gasteiger partial charge in [-0.25, -0.2) is 4.39 Å². The van der Waals surface area contributed by atoms with Gasteiger partial charge in [0.2, 0.25) is 0 Å². The van der Waals surface area contributed by atoms with Crippen molar-refractivity contribution in [3.8, 4) is 0 Å². The first-order valence-electron chi connectivity index (χ1n) is 5.32. The fourth-order valence-electron chi connectivity index (χ4n) is 1.34. The van der Waals surface area contributed by atoms with Crippen molar-refractivity contribution in [2.45, 2.75) is 13.0 Å². The molecule has 1 aromatic rings. The van der Waals surface area contributed by atoms with Crippen LogP contribution in [0.25, 0.3) is 0 Å². The quantitative estimate of drug-likeness (QED) is 0.725. The van der Waals surface area contributed by atoms with Crippen LogP contribution in [-0.4, -0.2) is 33.0 Å². The smallest absolute Gasteiger partial charge is 0.125 e. The van der Waals surface area contributed by atoms with E-state index in [0.29, 0.717) is 19.8 Å². The van der Waals surface area contributed by atoms with Gasteiger partial charge in [-0.1, -0.05) is 6.07 Å². The third-order valence-corrected chi connectivity index (χ3v) is 2.06. The summed E-state index contributed by atoms with van der Waals surface area (Å²) in [6.07, 6.45) is 0.0827. The Bertz CT molecular complexity index is 307. The van der Waals surface area contributed by atoms with Crippen LogP contribution in [0.15, 0.2) is 24.3 Å². The van der Waals surface area contributed by atoms with E-state index < -0.39 is 0 Å². The monoisotopic (exact) mass is 227 g/mol. The summed E-state index contributed by atoms with van der Waals surface area (Å²) in [4.78, 5) is 0. The zero-order valence-corrected chi connectivity index (χ0v) is 9.70. The van der Waals surface area contributed by atoms with Crippen LogP contribution >= 0.6 is 0 Å². The molecule has 0 heterocycles. The molecule has 90 valence electrons. The Balaban J connectivity index is 2.16. The van der Waals surface area contributed by atoms with E-state index in [1.807, 2.05) is 13.0 Å². The first-order chi connectivity index (χ1) is 7.72. The SMILES string of the molecule is COCC(C)OCCNc1cccc(F)c1. The third kappa shape index (κ3) is 5.09. The summed E-state index contributed by atoms with van der Waals surface area (Å²) in [5.74, 6) is -0.237. The molecule has 0 radical (unpaired) electrons. The highest BCUT2D eigenvalue weighted by Crippen LogP contribution is 2.08. The van der Waals surface area contributed by atoms with Gasteiger partial charge in [0.05, 0.1) is 19.3 Å². The molecule has 1 N–H and O–H groups in total. The van der Waals surface area contributed by atoms with Crippen molar-refractivity contribution >= 4 is 5.69 Å². The van der Waals surface area contributed by atoms with Gasteiger partial charge < -0.3 is 14.8 Å². The number of rotatable bonds is 7. The molecule has 0 aromatic heterocycles. The molecule has 3 nitrogen and oxygen atoms in total. The topological polar surface area (TPSA) is 30.5 Å². The van der Waals surface area contributed by atoms with Crippen molar-refractivity contribution in [3.05, 3.63) is 30.1 Å². The number of nitrogens with one attached hydrogen (secondary N) is 1. The number of methoxy groups -OCH3 is 1. The summed E-state index contributed by atoms with van der Waals surface area (Å²) < 4.78 is 23.2. The van der Waals surface area contributed by atoms with Crippen molar-refractivity contribution in [1.82, 2.24) is 0 Å². The predicted molar refractivity (Wildman–Crippen MR) is 62.2 cm³/mol. The van der Waals surface area contributed by atoms with E-state index in [1.165, 1.54) is 12.1 Å². The first-order valence-corrected chi connectivity index (χ1v) is 5.32. The summed E-state index contributed by atoms with van der Waals surface area (Å²) in [6.45, 7) is 3.75. The Morgan fingerprint density at radius 2 is 2.25 bits per heavy atom. The molecule has 0 amide bonds. The lowest BCUT2D eigenvalue weighted by Crippen LogP contribution is -2.19. The van der Waals surface area contributed by atoms with Crippen molar-refractivity contribution in [2.24, 2.45) is 0 Å². The molecule has 0 saturated carbocycles. The van der Waals surface area contributed by atoms with Crippen LogP contribution in [0.2, 0.25) is 0 Å². The molecule has 1 atom stereocenters. The number of hydrogen-bond donors (Lipinski definition) is 1. The van der Waals surface area contributed by atoms with Crippen LogP contribution in [0, 0.1) is 5.82 Å². The average Bonchev–Trinajstić information content (AvgIpc) is 2.25. The first kappa shape index (κ1) is 12.9. The Morgan fingerprint density at radius 1 is 1.44 bits per heavy atom. The van der Waals surface area contributed by atoms with E-state index in [4.69, 9.17) is 9.47 Å². The predicted octanol–water partition coefficient (Wildman–Crippen LogP) is 2.29.